The molecule has 2 aromatic carbocycles. The predicted octanol–water partition coefficient (Wildman–Crippen LogP) is 3.69. The molecule has 2 amide bonds. The summed E-state index contributed by atoms with van der Waals surface area (Å²) in [7, 11) is 1.66. The number of likely N-dealkylation sites (N-methyl/N-ethyl adjacent to an activating group) is 1. The van der Waals surface area contributed by atoms with Crippen LogP contribution in [0.2, 0.25) is 0 Å². The van der Waals surface area contributed by atoms with E-state index in [0.717, 1.165) is 5.75 Å². The van der Waals surface area contributed by atoms with Gasteiger partial charge in [-0.3, -0.25) is 19.4 Å². The number of carbonyl (C=O) groups is 2. The SMILES string of the molecule is CN(CCCOc1ccccc1)CC(=O)N1c2ccccc2NC(=O)CC1C(F)(F)F. The number of anilines is 2. The third kappa shape index (κ3) is 5.97. The van der Waals surface area contributed by atoms with Crippen molar-refractivity contribution in [3.63, 3.8) is 0 Å². The standard InChI is InChI=1S/C22H24F3N3O3/c1-27(12-7-13-31-16-8-3-2-4-9-16)15-21(30)28-18-11-6-5-10-17(18)26-20(29)14-19(28)22(23,24)25/h2-6,8-11,19H,7,12-15H2,1H3,(H,26,29). The number of alkyl halides is 3. The number of carbonyl (C=O) groups excluding carboxylic acids is 2. The molecule has 0 saturated heterocycles. The highest BCUT2D eigenvalue weighted by Gasteiger charge is 2.49. The van der Waals surface area contributed by atoms with E-state index in [1.807, 2.05) is 30.3 Å². The lowest BCUT2D eigenvalue weighted by Crippen LogP contribution is -2.52. The predicted molar refractivity (Wildman–Crippen MR) is 111 cm³/mol. The van der Waals surface area contributed by atoms with E-state index >= 15 is 0 Å². The molecule has 0 radical (unpaired) electrons. The maximum absolute atomic E-state index is 13.7. The van der Waals surface area contributed by atoms with E-state index in [1.54, 1.807) is 18.0 Å². The topological polar surface area (TPSA) is 61.9 Å². The Morgan fingerprint density at radius 3 is 2.55 bits per heavy atom. The quantitative estimate of drug-likeness (QED) is 0.674. The minimum absolute atomic E-state index is 0.0430. The van der Waals surface area contributed by atoms with Crippen molar-refractivity contribution in [3.05, 3.63) is 54.6 Å². The van der Waals surface area contributed by atoms with Gasteiger partial charge in [0.15, 0.2) is 0 Å². The molecular weight excluding hydrogens is 411 g/mol. The molecule has 1 heterocycles. The van der Waals surface area contributed by atoms with E-state index in [1.165, 1.54) is 18.2 Å². The Balaban J connectivity index is 1.66. The van der Waals surface area contributed by atoms with Gasteiger partial charge < -0.3 is 10.1 Å². The van der Waals surface area contributed by atoms with E-state index in [-0.39, 0.29) is 17.9 Å². The van der Waals surface area contributed by atoms with Crippen LogP contribution in [0.1, 0.15) is 12.8 Å². The monoisotopic (exact) mass is 435 g/mol. The second kappa shape index (κ2) is 9.82. The lowest BCUT2D eigenvalue weighted by molar-refractivity contribution is -0.158. The number of amides is 2. The van der Waals surface area contributed by atoms with Crippen LogP contribution in [-0.4, -0.2) is 55.7 Å². The van der Waals surface area contributed by atoms with Crippen LogP contribution in [0.4, 0.5) is 24.5 Å². The Hall–Kier alpha value is -3.07. The molecule has 166 valence electrons. The summed E-state index contributed by atoms with van der Waals surface area (Å²) >= 11 is 0. The molecule has 1 N–H and O–H groups in total. The molecule has 3 rings (SSSR count). The molecule has 0 fully saturated rings. The van der Waals surface area contributed by atoms with Crippen LogP contribution in [0, 0.1) is 0 Å². The normalized spacial score (nSPS) is 16.5. The summed E-state index contributed by atoms with van der Waals surface area (Å²) in [4.78, 5) is 27.3. The number of nitrogens with zero attached hydrogens (tertiary/aromatic N) is 2. The minimum Gasteiger partial charge on any atom is -0.494 e. The highest BCUT2D eigenvalue weighted by molar-refractivity contribution is 6.05. The van der Waals surface area contributed by atoms with E-state index in [9.17, 15) is 22.8 Å². The van der Waals surface area contributed by atoms with Gasteiger partial charge in [0.2, 0.25) is 11.8 Å². The number of hydrogen-bond donors (Lipinski definition) is 1. The molecule has 2 aromatic rings. The van der Waals surface area contributed by atoms with Gasteiger partial charge in [-0.1, -0.05) is 30.3 Å². The van der Waals surface area contributed by atoms with Gasteiger partial charge in [0.1, 0.15) is 11.8 Å². The van der Waals surface area contributed by atoms with Crippen LogP contribution in [0.25, 0.3) is 0 Å². The van der Waals surface area contributed by atoms with Crippen LogP contribution in [-0.2, 0) is 9.59 Å². The van der Waals surface area contributed by atoms with Crippen molar-refractivity contribution in [1.82, 2.24) is 4.90 Å². The number of nitrogens with one attached hydrogen (secondary N) is 1. The van der Waals surface area contributed by atoms with E-state index in [2.05, 4.69) is 5.32 Å². The summed E-state index contributed by atoms with van der Waals surface area (Å²) in [5.41, 5.74) is 0.230. The zero-order chi connectivity index (χ0) is 22.4. The molecule has 1 unspecified atom stereocenters. The molecule has 1 aliphatic heterocycles. The van der Waals surface area contributed by atoms with Gasteiger partial charge in [-0.25, -0.2) is 0 Å². The molecule has 6 nitrogen and oxygen atoms in total. The zero-order valence-electron chi connectivity index (χ0n) is 17.1. The number of rotatable bonds is 7. The molecule has 0 aliphatic carbocycles. The van der Waals surface area contributed by atoms with Crippen LogP contribution in [0.5, 0.6) is 5.75 Å². The highest BCUT2D eigenvalue weighted by atomic mass is 19.4. The first-order valence-electron chi connectivity index (χ1n) is 9.90. The highest BCUT2D eigenvalue weighted by Crippen LogP contribution is 2.37. The molecule has 1 atom stereocenters. The second-order valence-corrected chi connectivity index (χ2v) is 7.34. The van der Waals surface area contributed by atoms with Gasteiger partial charge in [0.25, 0.3) is 0 Å². The number of para-hydroxylation sites is 3. The average Bonchev–Trinajstić information content (AvgIpc) is 2.87. The van der Waals surface area contributed by atoms with Crippen LogP contribution in [0.15, 0.2) is 54.6 Å². The molecule has 0 bridgehead atoms. The fraction of sp³-hybridized carbons (Fsp3) is 0.364. The molecule has 0 aromatic heterocycles. The van der Waals surface area contributed by atoms with Crippen molar-refractivity contribution in [3.8, 4) is 5.75 Å². The van der Waals surface area contributed by atoms with E-state index in [4.69, 9.17) is 4.74 Å². The molecule has 0 spiro atoms. The third-order valence-electron chi connectivity index (χ3n) is 4.88. The lowest BCUT2D eigenvalue weighted by Gasteiger charge is -2.33. The Kier molecular flexibility index (Phi) is 7.17. The fourth-order valence-electron chi connectivity index (χ4n) is 3.42. The van der Waals surface area contributed by atoms with Gasteiger partial charge >= 0.3 is 6.18 Å². The molecule has 31 heavy (non-hydrogen) atoms. The van der Waals surface area contributed by atoms with Crippen molar-refractivity contribution in [1.29, 1.82) is 0 Å². The Labute approximate surface area is 178 Å². The summed E-state index contributed by atoms with van der Waals surface area (Å²) in [5, 5.41) is 2.46. The lowest BCUT2D eigenvalue weighted by atomic mass is 10.1. The molecule has 0 saturated carbocycles. The van der Waals surface area contributed by atoms with E-state index < -0.39 is 30.5 Å². The molecule has 9 heteroatoms. The number of ether oxygens (including phenoxy) is 1. The van der Waals surface area contributed by atoms with E-state index in [0.29, 0.717) is 24.5 Å². The second-order valence-electron chi connectivity index (χ2n) is 7.34. The van der Waals surface area contributed by atoms with Gasteiger partial charge in [-0.05, 0) is 37.7 Å². The van der Waals surface area contributed by atoms with Gasteiger partial charge in [-0.15, -0.1) is 0 Å². The number of hydrogen-bond acceptors (Lipinski definition) is 4. The van der Waals surface area contributed by atoms with Crippen molar-refractivity contribution in [2.75, 3.05) is 37.0 Å². The first-order valence-corrected chi connectivity index (χ1v) is 9.90. The van der Waals surface area contributed by atoms with Gasteiger partial charge in [0, 0.05) is 6.54 Å². The van der Waals surface area contributed by atoms with Crippen molar-refractivity contribution in [2.24, 2.45) is 0 Å². The summed E-state index contributed by atoms with van der Waals surface area (Å²) in [5.74, 6) is -0.776. The Morgan fingerprint density at radius 1 is 1.16 bits per heavy atom. The maximum atomic E-state index is 13.7. The zero-order valence-corrected chi connectivity index (χ0v) is 17.1. The smallest absolute Gasteiger partial charge is 0.409 e. The molecular formula is C22H24F3N3O3. The average molecular weight is 435 g/mol. The largest absolute Gasteiger partial charge is 0.494 e. The summed E-state index contributed by atoms with van der Waals surface area (Å²) in [6.07, 6.45) is -5.00. The van der Waals surface area contributed by atoms with Crippen molar-refractivity contribution >= 4 is 23.2 Å². The Bertz CT molecular complexity index is 906. The third-order valence-corrected chi connectivity index (χ3v) is 4.88. The Morgan fingerprint density at radius 2 is 1.84 bits per heavy atom. The summed E-state index contributed by atoms with van der Waals surface area (Å²) in [6.45, 7) is 0.654. The number of benzene rings is 2. The first kappa shape index (κ1) is 22.6. The maximum Gasteiger partial charge on any atom is 0.409 e. The van der Waals surface area contributed by atoms with Crippen molar-refractivity contribution in [2.45, 2.75) is 25.1 Å². The summed E-state index contributed by atoms with van der Waals surface area (Å²) in [6, 6.07) is 13.0. The van der Waals surface area contributed by atoms with Crippen LogP contribution >= 0.6 is 0 Å². The molecule has 1 aliphatic rings. The van der Waals surface area contributed by atoms with Crippen LogP contribution < -0.4 is 15.0 Å². The fourth-order valence-corrected chi connectivity index (χ4v) is 3.42. The van der Waals surface area contributed by atoms with Gasteiger partial charge in [-0.2, -0.15) is 13.2 Å². The van der Waals surface area contributed by atoms with Crippen LogP contribution in [0.3, 0.4) is 0 Å². The number of fused-ring (bicyclic) bond motifs is 1. The van der Waals surface area contributed by atoms with Crippen molar-refractivity contribution < 1.29 is 27.5 Å². The van der Waals surface area contributed by atoms with Gasteiger partial charge in [0.05, 0.1) is 30.9 Å². The number of halogens is 3. The summed E-state index contributed by atoms with van der Waals surface area (Å²) < 4.78 is 46.8. The minimum atomic E-state index is -4.74. The first-order chi connectivity index (χ1) is 14.8.